The number of primary amides is 1. The molecule has 0 bridgehead atoms. The van der Waals surface area contributed by atoms with Gasteiger partial charge in [0.25, 0.3) is 0 Å². The minimum atomic E-state index is -0.393. The number of aryl methyl sites for hydroxylation is 1. The quantitative estimate of drug-likeness (QED) is 0.856. The Labute approximate surface area is 90.5 Å². The van der Waals surface area contributed by atoms with E-state index in [2.05, 4.69) is 25.9 Å². The molecule has 0 spiro atoms. The SMILES string of the molecule is Cc1ncc(Br)c(N(C)CC(N)=O)n1. The second kappa shape index (κ2) is 4.36. The summed E-state index contributed by atoms with van der Waals surface area (Å²) >= 11 is 3.30. The first-order valence-electron chi connectivity index (χ1n) is 3.99. The maximum absolute atomic E-state index is 10.7. The molecule has 0 aromatic carbocycles. The van der Waals surface area contributed by atoms with Crippen LogP contribution < -0.4 is 10.6 Å². The number of hydrogen-bond acceptors (Lipinski definition) is 4. The van der Waals surface area contributed by atoms with Crippen molar-refractivity contribution in [2.75, 3.05) is 18.5 Å². The molecule has 14 heavy (non-hydrogen) atoms. The van der Waals surface area contributed by atoms with Crippen LogP contribution in [0.3, 0.4) is 0 Å². The average molecular weight is 259 g/mol. The highest BCUT2D eigenvalue weighted by molar-refractivity contribution is 9.10. The van der Waals surface area contributed by atoms with E-state index in [9.17, 15) is 4.79 Å². The summed E-state index contributed by atoms with van der Waals surface area (Å²) in [5, 5.41) is 0. The van der Waals surface area contributed by atoms with Gasteiger partial charge in [0, 0.05) is 13.2 Å². The van der Waals surface area contributed by atoms with Crippen molar-refractivity contribution in [3.8, 4) is 0 Å². The summed E-state index contributed by atoms with van der Waals surface area (Å²) < 4.78 is 0.742. The van der Waals surface area contributed by atoms with E-state index in [-0.39, 0.29) is 6.54 Å². The number of carbonyl (C=O) groups is 1. The third-order valence-electron chi connectivity index (χ3n) is 1.60. The Kier molecular flexibility index (Phi) is 3.40. The number of anilines is 1. The summed E-state index contributed by atoms with van der Waals surface area (Å²) in [7, 11) is 1.75. The van der Waals surface area contributed by atoms with Crippen LogP contribution in [-0.2, 0) is 4.79 Å². The Morgan fingerprint density at radius 1 is 1.71 bits per heavy atom. The minimum absolute atomic E-state index is 0.134. The van der Waals surface area contributed by atoms with Crippen LogP contribution in [0.4, 0.5) is 5.82 Å². The number of rotatable bonds is 3. The summed E-state index contributed by atoms with van der Waals surface area (Å²) in [6, 6.07) is 0. The summed E-state index contributed by atoms with van der Waals surface area (Å²) in [5.74, 6) is 0.923. The van der Waals surface area contributed by atoms with E-state index >= 15 is 0 Å². The predicted octanol–water partition coefficient (Wildman–Crippen LogP) is 0.469. The maximum atomic E-state index is 10.7. The van der Waals surface area contributed by atoms with E-state index in [4.69, 9.17) is 5.73 Å². The first-order valence-corrected chi connectivity index (χ1v) is 4.78. The summed E-state index contributed by atoms with van der Waals surface area (Å²) in [6.45, 7) is 1.92. The Morgan fingerprint density at radius 2 is 2.36 bits per heavy atom. The first kappa shape index (κ1) is 10.9. The lowest BCUT2D eigenvalue weighted by Crippen LogP contribution is -2.31. The van der Waals surface area contributed by atoms with Gasteiger partial charge < -0.3 is 10.6 Å². The molecule has 0 fully saturated rings. The van der Waals surface area contributed by atoms with E-state index in [1.54, 1.807) is 25.1 Å². The summed E-state index contributed by atoms with van der Waals surface area (Å²) in [5.41, 5.74) is 5.08. The summed E-state index contributed by atoms with van der Waals surface area (Å²) in [4.78, 5) is 20.6. The van der Waals surface area contributed by atoms with Crippen molar-refractivity contribution in [2.45, 2.75) is 6.92 Å². The topological polar surface area (TPSA) is 72.1 Å². The molecule has 2 N–H and O–H groups in total. The lowest BCUT2D eigenvalue weighted by atomic mass is 10.4. The van der Waals surface area contributed by atoms with Crippen LogP contribution in [-0.4, -0.2) is 29.5 Å². The van der Waals surface area contributed by atoms with E-state index in [1.807, 2.05) is 0 Å². The van der Waals surface area contributed by atoms with Crippen molar-refractivity contribution in [1.82, 2.24) is 9.97 Å². The Hall–Kier alpha value is -1.17. The Morgan fingerprint density at radius 3 is 2.93 bits per heavy atom. The number of aromatic nitrogens is 2. The zero-order chi connectivity index (χ0) is 10.7. The molecule has 0 radical (unpaired) electrons. The molecule has 1 aromatic heterocycles. The third-order valence-corrected chi connectivity index (χ3v) is 2.16. The van der Waals surface area contributed by atoms with Gasteiger partial charge in [0.05, 0.1) is 11.0 Å². The monoisotopic (exact) mass is 258 g/mol. The highest BCUT2D eigenvalue weighted by Crippen LogP contribution is 2.21. The Balaban J connectivity index is 2.93. The van der Waals surface area contributed by atoms with Gasteiger partial charge in [0.15, 0.2) is 0 Å². The van der Waals surface area contributed by atoms with Gasteiger partial charge in [-0.25, -0.2) is 9.97 Å². The second-order valence-corrected chi connectivity index (χ2v) is 3.77. The van der Waals surface area contributed by atoms with E-state index in [0.717, 1.165) is 4.47 Å². The van der Waals surface area contributed by atoms with Gasteiger partial charge >= 0.3 is 0 Å². The molecule has 0 aliphatic rings. The number of likely N-dealkylation sites (N-methyl/N-ethyl adjacent to an activating group) is 1. The van der Waals surface area contributed by atoms with Crippen LogP contribution >= 0.6 is 15.9 Å². The number of nitrogens with two attached hydrogens (primary N) is 1. The molecule has 6 heteroatoms. The van der Waals surface area contributed by atoms with Crippen LogP contribution in [0, 0.1) is 6.92 Å². The fourth-order valence-electron chi connectivity index (χ4n) is 1.02. The van der Waals surface area contributed by atoms with Crippen LogP contribution in [0.2, 0.25) is 0 Å². The number of nitrogens with zero attached hydrogens (tertiary/aromatic N) is 3. The maximum Gasteiger partial charge on any atom is 0.236 e. The highest BCUT2D eigenvalue weighted by atomic mass is 79.9. The predicted molar refractivity (Wildman–Crippen MR) is 56.9 cm³/mol. The smallest absolute Gasteiger partial charge is 0.236 e. The summed E-state index contributed by atoms with van der Waals surface area (Å²) in [6.07, 6.45) is 1.65. The lowest BCUT2D eigenvalue weighted by Gasteiger charge is -2.17. The van der Waals surface area contributed by atoms with Crippen molar-refractivity contribution in [3.05, 3.63) is 16.5 Å². The van der Waals surface area contributed by atoms with E-state index in [1.165, 1.54) is 0 Å². The molecule has 0 aliphatic carbocycles. The number of hydrogen-bond donors (Lipinski definition) is 1. The zero-order valence-electron chi connectivity index (χ0n) is 7.99. The number of halogens is 1. The molecule has 1 amide bonds. The van der Waals surface area contributed by atoms with E-state index in [0.29, 0.717) is 11.6 Å². The molecule has 0 unspecified atom stereocenters. The van der Waals surface area contributed by atoms with E-state index < -0.39 is 5.91 Å². The van der Waals surface area contributed by atoms with Crippen LogP contribution in [0.25, 0.3) is 0 Å². The van der Waals surface area contributed by atoms with Gasteiger partial charge in [-0.15, -0.1) is 0 Å². The molecule has 0 atom stereocenters. The van der Waals surface area contributed by atoms with Crippen molar-refractivity contribution in [3.63, 3.8) is 0 Å². The molecular formula is C8H11BrN4O. The highest BCUT2D eigenvalue weighted by Gasteiger charge is 2.10. The van der Waals surface area contributed by atoms with Gasteiger partial charge in [-0.2, -0.15) is 0 Å². The van der Waals surface area contributed by atoms with Crippen LogP contribution in [0.5, 0.6) is 0 Å². The van der Waals surface area contributed by atoms with Gasteiger partial charge in [-0.1, -0.05) is 0 Å². The Bertz CT molecular complexity index is 355. The molecule has 5 nitrogen and oxygen atoms in total. The van der Waals surface area contributed by atoms with Crippen molar-refractivity contribution < 1.29 is 4.79 Å². The molecule has 0 saturated heterocycles. The fourth-order valence-corrected chi connectivity index (χ4v) is 1.51. The molecule has 1 heterocycles. The number of amides is 1. The minimum Gasteiger partial charge on any atom is -0.368 e. The molecule has 0 saturated carbocycles. The van der Waals surface area contributed by atoms with Gasteiger partial charge in [-0.05, 0) is 22.9 Å². The van der Waals surface area contributed by atoms with Crippen molar-refractivity contribution in [2.24, 2.45) is 5.73 Å². The molecule has 76 valence electrons. The first-order chi connectivity index (χ1) is 6.50. The molecule has 1 aromatic rings. The van der Waals surface area contributed by atoms with Gasteiger partial charge in [0.2, 0.25) is 5.91 Å². The molecule has 0 aliphatic heterocycles. The number of carbonyl (C=O) groups excluding carboxylic acids is 1. The average Bonchev–Trinajstić information content (AvgIpc) is 2.08. The molecule has 1 rings (SSSR count). The standard InChI is InChI=1S/C8H11BrN4O/c1-5-11-3-6(9)8(12-5)13(2)4-7(10)14/h3H,4H2,1-2H3,(H2,10,14). The fraction of sp³-hybridized carbons (Fsp3) is 0.375. The van der Waals surface area contributed by atoms with Gasteiger partial charge in [0.1, 0.15) is 11.6 Å². The second-order valence-electron chi connectivity index (χ2n) is 2.91. The van der Waals surface area contributed by atoms with Crippen LogP contribution in [0.15, 0.2) is 10.7 Å². The van der Waals surface area contributed by atoms with Crippen LogP contribution in [0.1, 0.15) is 5.82 Å². The van der Waals surface area contributed by atoms with Crippen molar-refractivity contribution >= 4 is 27.7 Å². The normalized spacial score (nSPS) is 9.93. The molecular weight excluding hydrogens is 248 g/mol. The van der Waals surface area contributed by atoms with Gasteiger partial charge in [-0.3, -0.25) is 4.79 Å². The van der Waals surface area contributed by atoms with Crippen molar-refractivity contribution in [1.29, 1.82) is 0 Å². The third kappa shape index (κ3) is 2.66. The lowest BCUT2D eigenvalue weighted by molar-refractivity contribution is -0.116. The zero-order valence-corrected chi connectivity index (χ0v) is 9.58. The largest absolute Gasteiger partial charge is 0.368 e.